The van der Waals surface area contributed by atoms with Crippen molar-refractivity contribution in [2.75, 3.05) is 20.7 Å². The van der Waals surface area contributed by atoms with Crippen LogP contribution in [0.5, 0.6) is 5.75 Å². The Hall–Kier alpha value is -2.20. The third-order valence-electron chi connectivity index (χ3n) is 2.69. The van der Waals surface area contributed by atoms with Crippen molar-refractivity contribution < 1.29 is 28.0 Å². The molecule has 0 aromatic heterocycles. The minimum Gasteiger partial charge on any atom is -0.497 e. The van der Waals surface area contributed by atoms with Crippen LogP contribution in [0.4, 0.5) is 5.69 Å². The third-order valence-corrected chi connectivity index (χ3v) is 4.60. The topological polar surface area (TPSA) is 127 Å². The maximum Gasteiger partial charge on any atom is 0.304 e. The number of methoxy groups -OCH3 is 1. The van der Waals surface area contributed by atoms with Crippen LogP contribution in [0, 0.1) is 10.1 Å². The van der Waals surface area contributed by atoms with E-state index in [1.165, 1.54) is 13.2 Å². The van der Waals surface area contributed by atoms with Crippen LogP contribution >= 0.6 is 0 Å². The molecule has 0 spiro atoms. The van der Waals surface area contributed by atoms with Gasteiger partial charge in [0.25, 0.3) is 5.69 Å². The quantitative estimate of drug-likeness (QED) is 0.579. The molecule has 116 valence electrons. The number of nitro benzene ring substituents is 1. The van der Waals surface area contributed by atoms with Crippen molar-refractivity contribution in [2.45, 2.75) is 11.3 Å². The molecule has 10 heteroatoms. The van der Waals surface area contributed by atoms with Crippen molar-refractivity contribution in [2.24, 2.45) is 0 Å². The van der Waals surface area contributed by atoms with Gasteiger partial charge in [0.15, 0.2) is 4.90 Å². The molecule has 1 aromatic carbocycles. The van der Waals surface area contributed by atoms with Crippen molar-refractivity contribution in [3.63, 3.8) is 0 Å². The molecule has 0 aliphatic rings. The van der Waals surface area contributed by atoms with Gasteiger partial charge in [0, 0.05) is 13.6 Å². The molecule has 0 aliphatic heterocycles. The van der Waals surface area contributed by atoms with Gasteiger partial charge in [0.2, 0.25) is 10.0 Å². The molecule has 21 heavy (non-hydrogen) atoms. The van der Waals surface area contributed by atoms with E-state index in [0.29, 0.717) is 0 Å². The molecule has 0 fully saturated rings. The van der Waals surface area contributed by atoms with Gasteiger partial charge in [-0.1, -0.05) is 0 Å². The summed E-state index contributed by atoms with van der Waals surface area (Å²) >= 11 is 0. The van der Waals surface area contributed by atoms with Crippen LogP contribution in [0.2, 0.25) is 0 Å². The van der Waals surface area contributed by atoms with Crippen molar-refractivity contribution >= 4 is 21.7 Å². The second-order valence-electron chi connectivity index (χ2n) is 4.06. The molecule has 1 rings (SSSR count). The van der Waals surface area contributed by atoms with Crippen LogP contribution in [-0.4, -0.2) is 49.4 Å². The van der Waals surface area contributed by atoms with Gasteiger partial charge in [-0.3, -0.25) is 14.9 Å². The second-order valence-corrected chi connectivity index (χ2v) is 6.07. The first-order chi connectivity index (χ1) is 9.70. The maximum atomic E-state index is 12.3. The Bertz CT molecular complexity index is 657. The number of rotatable bonds is 7. The normalized spacial score (nSPS) is 11.4. The van der Waals surface area contributed by atoms with E-state index in [4.69, 9.17) is 9.84 Å². The summed E-state index contributed by atoms with van der Waals surface area (Å²) in [6.07, 6.45) is -0.403. The minimum absolute atomic E-state index is 0.147. The first-order valence-electron chi connectivity index (χ1n) is 5.70. The Balaban J connectivity index is 3.24. The Morgan fingerprint density at radius 2 is 2.10 bits per heavy atom. The molecule has 0 atom stereocenters. The molecule has 1 aromatic rings. The second kappa shape index (κ2) is 6.50. The molecule has 0 heterocycles. The number of ether oxygens (including phenoxy) is 1. The molecule has 9 nitrogen and oxygen atoms in total. The number of sulfonamides is 1. The summed E-state index contributed by atoms with van der Waals surface area (Å²) in [5.74, 6) is -1.02. The van der Waals surface area contributed by atoms with E-state index >= 15 is 0 Å². The Labute approximate surface area is 120 Å². The van der Waals surface area contributed by atoms with Crippen LogP contribution in [0.15, 0.2) is 23.1 Å². The molecular weight excluding hydrogens is 304 g/mol. The van der Waals surface area contributed by atoms with Gasteiger partial charge in [-0.25, -0.2) is 12.7 Å². The summed E-state index contributed by atoms with van der Waals surface area (Å²) in [6.45, 7) is -0.291. The molecule has 0 saturated heterocycles. The zero-order valence-electron chi connectivity index (χ0n) is 11.3. The monoisotopic (exact) mass is 318 g/mol. The largest absolute Gasteiger partial charge is 0.497 e. The zero-order chi connectivity index (χ0) is 16.2. The van der Waals surface area contributed by atoms with Gasteiger partial charge < -0.3 is 9.84 Å². The number of hydrogen-bond donors (Lipinski definition) is 1. The first kappa shape index (κ1) is 16.9. The van der Waals surface area contributed by atoms with Gasteiger partial charge in [0.1, 0.15) is 5.75 Å². The first-order valence-corrected chi connectivity index (χ1v) is 7.14. The number of carboxylic acids is 1. The fourth-order valence-electron chi connectivity index (χ4n) is 1.53. The van der Waals surface area contributed by atoms with Gasteiger partial charge in [-0.15, -0.1) is 0 Å². The Morgan fingerprint density at radius 3 is 2.57 bits per heavy atom. The number of carbonyl (C=O) groups is 1. The molecule has 0 radical (unpaired) electrons. The Kier molecular flexibility index (Phi) is 5.22. The molecule has 0 saturated carbocycles. The van der Waals surface area contributed by atoms with E-state index in [9.17, 15) is 23.3 Å². The van der Waals surface area contributed by atoms with Crippen LogP contribution < -0.4 is 4.74 Å². The lowest BCUT2D eigenvalue weighted by molar-refractivity contribution is -0.387. The number of aliphatic carboxylic acids is 1. The lowest BCUT2D eigenvalue weighted by atomic mass is 10.3. The maximum absolute atomic E-state index is 12.3. The smallest absolute Gasteiger partial charge is 0.304 e. The molecular formula is C11H14N2O7S. The highest BCUT2D eigenvalue weighted by Crippen LogP contribution is 2.30. The van der Waals surface area contributed by atoms with Crippen LogP contribution in [0.3, 0.4) is 0 Å². The van der Waals surface area contributed by atoms with E-state index in [2.05, 4.69) is 0 Å². The highest BCUT2D eigenvalue weighted by Gasteiger charge is 2.30. The molecule has 0 bridgehead atoms. The molecule has 0 amide bonds. The van der Waals surface area contributed by atoms with Gasteiger partial charge in [-0.05, 0) is 12.1 Å². The van der Waals surface area contributed by atoms with Crippen LogP contribution in [0.1, 0.15) is 6.42 Å². The van der Waals surface area contributed by atoms with Crippen molar-refractivity contribution in [1.82, 2.24) is 4.31 Å². The summed E-state index contributed by atoms with van der Waals surface area (Å²) in [7, 11) is -1.71. The van der Waals surface area contributed by atoms with Crippen molar-refractivity contribution in [3.8, 4) is 5.75 Å². The summed E-state index contributed by atoms with van der Waals surface area (Å²) in [4.78, 5) is 20.1. The third kappa shape index (κ3) is 3.89. The predicted octanol–water partition coefficient (Wildman–Crippen LogP) is 0.699. The number of carboxylic acid groups (broad SMARTS) is 1. The molecule has 0 unspecified atom stereocenters. The lowest BCUT2D eigenvalue weighted by Gasteiger charge is -2.16. The fraction of sp³-hybridized carbons (Fsp3) is 0.364. The SMILES string of the molecule is COc1ccc(S(=O)(=O)N(C)CCC(=O)O)c([N+](=O)[O-])c1. The standard InChI is InChI=1S/C11H14N2O7S/c1-12(6-5-11(14)15)21(18,19)10-4-3-8(20-2)7-9(10)13(16)17/h3-4,7H,5-6H2,1-2H3,(H,14,15). The van der Waals surface area contributed by atoms with Gasteiger partial charge in [-0.2, -0.15) is 0 Å². The average Bonchev–Trinajstić information content (AvgIpc) is 2.43. The van der Waals surface area contributed by atoms with E-state index < -0.39 is 37.9 Å². The molecule has 1 N–H and O–H groups in total. The summed E-state index contributed by atoms with van der Waals surface area (Å²) < 4.78 is 30.1. The predicted molar refractivity (Wildman–Crippen MR) is 71.7 cm³/mol. The summed E-state index contributed by atoms with van der Waals surface area (Å²) in [6, 6.07) is 3.34. The highest BCUT2D eigenvalue weighted by molar-refractivity contribution is 7.89. The van der Waals surface area contributed by atoms with Crippen LogP contribution in [-0.2, 0) is 14.8 Å². The average molecular weight is 318 g/mol. The van der Waals surface area contributed by atoms with E-state index in [-0.39, 0.29) is 12.3 Å². The molecule has 0 aliphatic carbocycles. The van der Waals surface area contributed by atoms with E-state index in [1.807, 2.05) is 0 Å². The highest BCUT2D eigenvalue weighted by atomic mass is 32.2. The van der Waals surface area contributed by atoms with Crippen LogP contribution in [0.25, 0.3) is 0 Å². The van der Waals surface area contributed by atoms with E-state index in [0.717, 1.165) is 23.5 Å². The number of nitrogens with zero attached hydrogens (tertiary/aromatic N) is 2. The number of hydrogen-bond acceptors (Lipinski definition) is 6. The number of nitro groups is 1. The van der Waals surface area contributed by atoms with Crippen molar-refractivity contribution in [1.29, 1.82) is 0 Å². The van der Waals surface area contributed by atoms with Gasteiger partial charge in [0.05, 0.1) is 24.5 Å². The summed E-state index contributed by atoms with van der Waals surface area (Å²) in [5.41, 5.74) is -0.628. The summed E-state index contributed by atoms with van der Waals surface area (Å²) in [5, 5.41) is 19.6. The van der Waals surface area contributed by atoms with E-state index in [1.54, 1.807) is 0 Å². The Morgan fingerprint density at radius 1 is 1.48 bits per heavy atom. The fourth-order valence-corrected chi connectivity index (χ4v) is 2.83. The zero-order valence-corrected chi connectivity index (χ0v) is 12.2. The lowest BCUT2D eigenvalue weighted by Crippen LogP contribution is -2.29. The van der Waals surface area contributed by atoms with Gasteiger partial charge >= 0.3 is 5.97 Å². The van der Waals surface area contributed by atoms with Crippen molar-refractivity contribution in [3.05, 3.63) is 28.3 Å². The minimum atomic E-state index is -4.16. The number of benzene rings is 1.